The smallest absolute Gasteiger partial charge is 0.286 e. The van der Waals surface area contributed by atoms with Gasteiger partial charge in [0.2, 0.25) is 0 Å². The summed E-state index contributed by atoms with van der Waals surface area (Å²) in [5.41, 5.74) is 1.15. The third-order valence-electron chi connectivity index (χ3n) is 3.42. The van der Waals surface area contributed by atoms with Crippen molar-refractivity contribution in [2.45, 2.75) is 26.1 Å². The van der Waals surface area contributed by atoms with Crippen molar-refractivity contribution in [2.75, 3.05) is 20.3 Å². The predicted octanol–water partition coefficient (Wildman–Crippen LogP) is 3.32. The first-order valence-corrected chi connectivity index (χ1v) is 7.73. The maximum atomic E-state index is 11.9. The van der Waals surface area contributed by atoms with E-state index in [4.69, 9.17) is 13.9 Å². The molecule has 1 N–H and O–H groups in total. The Morgan fingerprint density at radius 3 is 2.74 bits per heavy atom. The summed E-state index contributed by atoms with van der Waals surface area (Å²) in [4.78, 5) is 11.9. The number of nitrogens with one attached hydrogen (secondary N) is 1. The molecule has 0 aliphatic heterocycles. The molecule has 1 amide bonds. The maximum Gasteiger partial charge on any atom is 0.286 e. The van der Waals surface area contributed by atoms with Crippen molar-refractivity contribution in [1.82, 2.24) is 5.32 Å². The van der Waals surface area contributed by atoms with Gasteiger partial charge in [-0.05, 0) is 31.0 Å². The third kappa shape index (κ3) is 5.54. The second-order valence-electron chi connectivity index (χ2n) is 5.23. The standard InChI is InChI=1S/C18H23NO4/c1-14(15-7-4-3-5-8-15)22-12-6-11-19-18(20)17-10-9-16(23-17)13-21-2/h3-5,7-10,14H,6,11-13H2,1-2H3,(H,19,20). The van der Waals surface area contributed by atoms with E-state index in [1.54, 1.807) is 19.2 Å². The lowest BCUT2D eigenvalue weighted by Crippen LogP contribution is -2.25. The van der Waals surface area contributed by atoms with Crippen LogP contribution in [0.25, 0.3) is 0 Å². The van der Waals surface area contributed by atoms with Crippen molar-refractivity contribution < 1.29 is 18.7 Å². The Bertz CT molecular complexity index is 594. The van der Waals surface area contributed by atoms with Gasteiger partial charge in [-0.25, -0.2) is 0 Å². The molecule has 5 nitrogen and oxygen atoms in total. The molecule has 0 aliphatic carbocycles. The van der Waals surface area contributed by atoms with Crippen LogP contribution >= 0.6 is 0 Å². The summed E-state index contributed by atoms with van der Waals surface area (Å²) < 4.78 is 16.1. The van der Waals surface area contributed by atoms with Crippen LogP contribution in [-0.2, 0) is 16.1 Å². The van der Waals surface area contributed by atoms with Crippen LogP contribution < -0.4 is 5.32 Å². The number of carbonyl (C=O) groups is 1. The van der Waals surface area contributed by atoms with Gasteiger partial charge in [0.25, 0.3) is 5.91 Å². The van der Waals surface area contributed by atoms with Crippen molar-refractivity contribution in [1.29, 1.82) is 0 Å². The summed E-state index contributed by atoms with van der Waals surface area (Å²) in [6.07, 6.45) is 0.794. The van der Waals surface area contributed by atoms with E-state index < -0.39 is 0 Å². The zero-order valence-corrected chi connectivity index (χ0v) is 13.6. The van der Waals surface area contributed by atoms with Crippen molar-refractivity contribution in [3.05, 3.63) is 59.5 Å². The highest BCUT2D eigenvalue weighted by molar-refractivity contribution is 5.91. The molecule has 5 heteroatoms. The quantitative estimate of drug-likeness (QED) is 0.721. The fourth-order valence-electron chi connectivity index (χ4n) is 2.16. The van der Waals surface area contributed by atoms with Gasteiger partial charge < -0.3 is 19.2 Å². The molecule has 0 spiro atoms. The molecule has 1 unspecified atom stereocenters. The molecular formula is C18H23NO4. The van der Waals surface area contributed by atoms with Gasteiger partial charge in [0, 0.05) is 20.3 Å². The summed E-state index contributed by atoms with van der Waals surface area (Å²) in [5, 5.41) is 2.81. The summed E-state index contributed by atoms with van der Waals surface area (Å²) in [5.74, 6) is 0.719. The fraction of sp³-hybridized carbons (Fsp3) is 0.389. The topological polar surface area (TPSA) is 60.7 Å². The molecule has 23 heavy (non-hydrogen) atoms. The molecule has 0 radical (unpaired) electrons. The van der Waals surface area contributed by atoms with Gasteiger partial charge in [0.05, 0.1) is 6.10 Å². The summed E-state index contributed by atoms with van der Waals surface area (Å²) >= 11 is 0. The fourth-order valence-corrected chi connectivity index (χ4v) is 2.16. The van der Waals surface area contributed by atoms with Gasteiger partial charge in [0.15, 0.2) is 5.76 Å². The molecule has 1 heterocycles. The second-order valence-corrected chi connectivity index (χ2v) is 5.23. The van der Waals surface area contributed by atoms with E-state index in [-0.39, 0.29) is 12.0 Å². The number of amides is 1. The third-order valence-corrected chi connectivity index (χ3v) is 3.42. The van der Waals surface area contributed by atoms with E-state index in [0.29, 0.717) is 31.3 Å². The highest BCUT2D eigenvalue weighted by atomic mass is 16.5. The Morgan fingerprint density at radius 1 is 1.22 bits per heavy atom. The van der Waals surface area contributed by atoms with Crippen molar-refractivity contribution >= 4 is 5.91 Å². The SMILES string of the molecule is COCc1ccc(C(=O)NCCCOC(C)c2ccccc2)o1. The average molecular weight is 317 g/mol. The molecule has 1 atom stereocenters. The van der Waals surface area contributed by atoms with Gasteiger partial charge in [-0.1, -0.05) is 30.3 Å². The highest BCUT2D eigenvalue weighted by Gasteiger charge is 2.10. The Kier molecular flexibility index (Phi) is 6.84. The van der Waals surface area contributed by atoms with Gasteiger partial charge >= 0.3 is 0 Å². The number of benzene rings is 1. The average Bonchev–Trinajstić information content (AvgIpc) is 3.04. The summed E-state index contributed by atoms with van der Waals surface area (Å²) in [6.45, 7) is 3.51. The van der Waals surface area contributed by atoms with Crippen LogP contribution in [0.2, 0.25) is 0 Å². The summed E-state index contributed by atoms with van der Waals surface area (Å²) in [6, 6.07) is 13.5. The van der Waals surface area contributed by atoms with Crippen molar-refractivity contribution in [3.63, 3.8) is 0 Å². The van der Waals surface area contributed by atoms with Gasteiger partial charge in [0.1, 0.15) is 12.4 Å². The monoisotopic (exact) mass is 317 g/mol. The number of hydrogen-bond acceptors (Lipinski definition) is 4. The lowest BCUT2D eigenvalue weighted by Gasteiger charge is -2.13. The van der Waals surface area contributed by atoms with E-state index in [1.165, 1.54) is 0 Å². The molecule has 124 valence electrons. The number of methoxy groups -OCH3 is 1. The Labute approximate surface area is 136 Å². The Hall–Kier alpha value is -2.11. The van der Waals surface area contributed by atoms with E-state index in [1.807, 2.05) is 37.3 Å². The lowest BCUT2D eigenvalue weighted by molar-refractivity contribution is 0.0633. The van der Waals surface area contributed by atoms with E-state index in [2.05, 4.69) is 5.32 Å². The van der Waals surface area contributed by atoms with E-state index in [9.17, 15) is 4.79 Å². The minimum Gasteiger partial charge on any atom is -0.453 e. The first kappa shape index (κ1) is 17.2. The molecule has 2 rings (SSSR count). The predicted molar refractivity (Wildman–Crippen MR) is 87.2 cm³/mol. The number of rotatable bonds is 9. The van der Waals surface area contributed by atoms with Crippen LogP contribution in [0.1, 0.15) is 41.3 Å². The minimum absolute atomic E-state index is 0.0496. The van der Waals surface area contributed by atoms with Crippen LogP contribution in [-0.4, -0.2) is 26.2 Å². The minimum atomic E-state index is -0.219. The molecule has 0 bridgehead atoms. The second kappa shape index (κ2) is 9.12. The molecule has 0 fully saturated rings. The number of ether oxygens (including phenoxy) is 2. The van der Waals surface area contributed by atoms with Crippen LogP contribution in [0, 0.1) is 0 Å². The lowest BCUT2D eigenvalue weighted by atomic mass is 10.1. The largest absolute Gasteiger partial charge is 0.453 e. The molecule has 0 aliphatic rings. The van der Waals surface area contributed by atoms with Crippen LogP contribution in [0.5, 0.6) is 0 Å². The zero-order valence-electron chi connectivity index (χ0n) is 13.6. The van der Waals surface area contributed by atoms with Crippen molar-refractivity contribution in [2.24, 2.45) is 0 Å². The van der Waals surface area contributed by atoms with Gasteiger partial charge in [-0.3, -0.25) is 4.79 Å². The van der Waals surface area contributed by atoms with Crippen molar-refractivity contribution in [3.8, 4) is 0 Å². The molecule has 1 aromatic carbocycles. The van der Waals surface area contributed by atoms with Crippen LogP contribution in [0.15, 0.2) is 46.9 Å². The summed E-state index contributed by atoms with van der Waals surface area (Å²) in [7, 11) is 1.58. The maximum absolute atomic E-state index is 11.9. The van der Waals surface area contributed by atoms with E-state index in [0.717, 1.165) is 12.0 Å². The molecule has 2 aromatic rings. The van der Waals surface area contributed by atoms with Crippen LogP contribution in [0.3, 0.4) is 0 Å². The first-order valence-electron chi connectivity index (χ1n) is 7.73. The normalized spacial score (nSPS) is 12.1. The number of carbonyl (C=O) groups excluding carboxylic acids is 1. The molecule has 0 saturated carbocycles. The Balaban J connectivity index is 1.64. The van der Waals surface area contributed by atoms with Gasteiger partial charge in [-0.15, -0.1) is 0 Å². The molecule has 0 saturated heterocycles. The Morgan fingerprint density at radius 2 is 2.00 bits per heavy atom. The number of hydrogen-bond donors (Lipinski definition) is 1. The molecule has 1 aromatic heterocycles. The number of furan rings is 1. The first-order chi connectivity index (χ1) is 11.2. The highest BCUT2D eigenvalue weighted by Crippen LogP contribution is 2.15. The zero-order chi connectivity index (χ0) is 16.5. The molecular weight excluding hydrogens is 294 g/mol. The van der Waals surface area contributed by atoms with E-state index >= 15 is 0 Å². The van der Waals surface area contributed by atoms with Gasteiger partial charge in [-0.2, -0.15) is 0 Å². The van der Waals surface area contributed by atoms with Crippen LogP contribution in [0.4, 0.5) is 0 Å².